The fourth-order valence-corrected chi connectivity index (χ4v) is 2.41. The van der Waals surface area contributed by atoms with Crippen LogP contribution < -0.4 is 17.7 Å². The van der Waals surface area contributed by atoms with E-state index in [1.54, 1.807) is 6.08 Å². The molecule has 0 rings (SSSR count). The lowest BCUT2D eigenvalue weighted by Gasteiger charge is -2.42. The fourth-order valence-electron chi connectivity index (χ4n) is 2.32. The number of hydrogen-bond acceptors (Lipinski definition) is 1. The molecule has 18 heavy (non-hydrogen) atoms. The molecule has 0 aliphatic carbocycles. The molecular formula is C13H26Cl2N2O. The minimum atomic E-state index is -0.0460. The molecule has 0 spiro atoms. The first kappa shape index (κ1) is 20.1. The van der Waals surface area contributed by atoms with Crippen LogP contribution in [0.3, 0.4) is 0 Å². The number of nitrogens with zero attached hydrogens (tertiary/aromatic N) is 1. The second kappa shape index (κ2) is 10.7. The van der Waals surface area contributed by atoms with E-state index in [4.69, 9.17) is 11.6 Å². The predicted molar refractivity (Wildman–Crippen MR) is 74.0 cm³/mol. The molecule has 108 valence electrons. The van der Waals surface area contributed by atoms with E-state index in [1.165, 1.54) is 6.08 Å². The van der Waals surface area contributed by atoms with Crippen molar-refractivity contribution in [1.82, 2.24) is 5.32 Å². The lowest BCUT2D eigenvalue weighted by molar-refractivity contribution is -0.948. The zero-order chi connectivity index (χ0) is 13.3. The van der Waals surface area contributed by atoms with Crippen molar-refractivity contribution >= 4 is 17.5 Å². The summed E-state index contributed by atoms with van der Waals surface area (Å²) >= 11 is 5.52. The number of allylic oxidation sites excluding steroid dienone is 1. The van der Waals surface area contributed by atoms with E-state index in [0.717, 1.165) is 30.5 Å². The highest BCUT2D eigenvalue weighted by molar-refractivity contribution is 6.19. The first-order chi connectivity index (χ1) is 8.10. The highest BCUT2D eigenvalue weighted by Gasteiger charge is 2.31. The van der Waals surface area contributed by atoms with Crippen LogP contribution in [0.2, 0.25) is 0 Å². The van der Waals surface area contributed by atoms with Gasteiger partial charge in [-0.05, 0) is 20.8 Å². The van der Waals surface area contributed by atoms with Crippen molar-refractivity contribution < 1.29 is 21.7 Å². The minimum absolute atomic E-state index is 0. The van der Waals surface area contributed by atoms with E-state index < -0.39 is 0 Å². The Kier molecular flexibility index (Phi) is 11.9. The Hall–Kier alpha value is -0.250. The molecule has 0 heterocycles. The molecule has 5 heteroatoms. The van der Waals surface area contributed by atoms with Crippen molar-refractivity contribution in [3.8, 4) is 0 Å². The molecule has 0 bridgehead atoms. The van der Waals surface area contributed by atoms with E-state index >= 15 is 0 Å². The topological polar surface area (TPSA) is 29.1 Å². The molecule has 0 saturated heterocycles. The first-order valence-corrected chi connectivity index (χ1v) is 7.02. The van der Waals surface area contributed by atoms with Crippen LogP contribution in [0.5, 0.6) is 0 Å². The quantitative estimate of drug-likeness (QED) is 0.279. The van der Waals surface area contributed by atoms with Crippen LogP contribution >= 0.6 is 11.6 Å². The summed E-state index contributed by atoms with van der Waals surface area (Å²) in [6.07, 6.45) is 4.31. The van der Waals surface area contributed by atoms with Crippen LogP contribution in [0, 0.1) is 0 Å². The number of alkyl halides is 1. The maximum absolute atomic E-state index is 11.7. The molecule has 0 radical (unpaired) electrons. The van der Waals surface area contributed by atoms with Crippen LogP contribution in [0.1, 0.15) is 34.1 Å². The molecule has 1 unspecified atom stereocenters. The predicted octanol–water partition coefficient (Wildman–Crippen LogP) is -0.486. The van der Waals surface area contributed by atoms with Gasteiger partial charge in [0.25, 0.3) is 0 Å². The molecule has 0 fully saturated rings. The summed E-state index contributed by atoms with van der Waals surface area (Å²) in [6, 6.07) is 0. The molecule has 1 N–H and O–H groups in total. The van der Waals surface area contributed by atoms with Gasteiger partial charge >= 0.3 is 0 Å². The van der Waals surface area contributed by atoms with Gasteiger partial charge in [-0.2, -0.15) is 0 Å². The third kappa shape index (κ3) is 5.59. The van der Waals surface area contributed by atoms with Gasteiger partial charge in [-0.15, -0.1) is 11.6 Å². The van der Waals surface area contributed by atoms with Crippen LogP contribution in [-0.2, 0) is 4.79 Å². The van der Waals surface area contributed by atoms with Crippen LogP contribution in [0.15, 0.2) is 12.2 Å². The summed E-state index contributed by atoms with van der Waals surface area (Å²) in [5.41, 5.74) is 0. The maximum atomic E-state index is 11.7. The zero-order valence-electron chi connectivity index (χ0n) is 11.9. The van der Waals surface area contributed by atoms with Gasteiger partial charge in [0.05, 0.1) is 19.6 Å². The number of halogens is 2. The first-order valence-electron chi connectivity index (χ1n) is 6.48. The maximum Gasteiger partial charge on any atom is 0.248 e. The Bertz CT molecular complexity index is 245. The second-order valence-corrected chi connectivity index (χ2v) is 4.47. The summed E-state index contributed by atoms with van der Waals surface area (Å²) in [5.74, 6) is 0.329. The van der Waals surface area contributed by atoms with Crippen LogP contribution in [0.25, 0.3) is 0 Å². The number of quaternary nitrogens is 1. The van der Waals surface area contributed by atoms with Crippen LogP contribution in [0.4, 0.5) is 0 Å². The van der Waals surface area contributed by atoms with Gasteiger partial charge in [0, 0.05) is 18.4 Å². The summed E-state index contributed by atoms with van der Waals surface area (Å²) in [7, 11) is 0. The fraction of sp³-hybridized carbons (Fsp3) is 0.769. The second-order valence-electron chi connectivity index (χ2n) is 4.16. The van der Waals surface area contributed by atoms with Crippen molar-refractivity contribution in [3.63, 3.8) is 0 Å². The van der Waals surface area contributed by atoms with E-state index in [2.05, 4.69) is 33.0 Å². The minimum Gasteiger partial charge on any atom is -1.00 e. The SMILES string of the molecule is CCC(NC(=O)/C=C/CCl)[N+](CC)(CC)CC.[Cl-]. The van der Waals surface area contributed by atoms with Crippen molar-refractivity contribution in [2.45, 2.75) is 40.3 Å². The van der Waals surface area contributed by atoms with E-state index in [9.17, 15) is 4.79 Å². The Morgan fingerprint density at radius 3 is 2.06 bits per heavy atom. The van der Waals surface area contributed by atoms with Gasteiger partial charge in [-0.25, -0.2) is 0 Å². The monoisotopic (exact) mass is 296 g/mol. The van der Waals surface area contributed by atoms with E-state index in [1.807, 2.05) is 0 Å². The summed E-state index contributed by atoms with van der Waals surface area (Å²) < 4.78 is 0.928. The Morgan fingerprint density at radius 2 is 1.72 bits per heavy atom. The highest BCUT2D eigenvalue weighted by atomic mass is 35.5. The Morgan fingerprint density at radius 1 is 1.22 bits per heavy atom. The molecule has 3 nitrogen and oxygen atoms in total. The molecule has 1 amide bonds. The number of rotatable bonds is 8. The average molecular weight is 297 g/mol. The van der Waals surface area contributed by atoms with Crippen molar-refractivity contribution in [3.05, 3.63) is 12.2 Å². The van der Waals surface area contributed by atoms with Crippen molar-refractivity contribution in [2.24, 2.45) is 0 Å². The number of amides is 1. The summed E-state index contributed by atoms with van der Waals surface area (Å²) in [6.45, 7) is 11.7. The van der Waals surface area contributed by atoms with Crippen molar-refractivity contribution in [1.29, 1.82) is 0 Å². The molecule has 0 aromatic heterocycles. The molecule has 0 aliphatic rings. The Labute approximate surface area is 123 Å². The molecule has 0 saturated carbocycles. The van der Waals surface area contributed by atoms with Gasteiger partial charge in [0.15, 0.2) is 6.17 Å². The number of nitrogens with one attached hydrogen (secondary N) is 1. The number of carbonyl (C=O) groups excluding carboxylic acids is 1. The van der Waals surface area contributed by atoms with Crippen LogP contribution in [-0.4, -0.2) is 42.1 Å². The molecule has 0 aromatic carbocycles. The molecule has 0 aromatic rings. The third-order valence-corrected chi connectivity index (χ3v) is 3.78. The van der Waals surface area contributed by atoms with Gasteiger partial charge in [-0.3, -0.25) is 4.79 Å². The zero-order valence-corrected chi connectivity index (χ0v) is 13.4. The van der Waals surface area contributed by atoms with Crippen molar-refractivity contribution in [2.75, 3.05) is 25.5 Å². The van der Waals surface area contributed by atoms with E-state index in [0.29, 0.717) is 5.88 Å². The van der Waals surface area contributed by atoms with Gasteiger partial charge in [-0.1, -0.05) is 13.0 Å². The smallest absolute Gasteiger partial charge is 0.248 e. The van der Waals surface area contributed by atoms with Gasteiger partial charge < -0.3 is 22.2 Å². The van der Waals surface area contributed by atoms with Gasteiger partial charge in [0.1, 0.15) is 0 Å². The average Bonchev–Trinajstić information content (AvgIpc) is 2.37. The summed E-state index contributed by atoms with van der Waals surface area (Å²) in [5, 5.41) is 3.08. The molecular weight excluding hydrogens is 271 g/mol. The Balaban J connectivity index is 0. The number of carbonyl (C=O) groups is 1. The number of hydrogen-bond donors (Lipinski definition) is 1. The standard InChI is InChI=1S/C13H25ClN2O.ClH/c1-5-12(15-13(17)10-9-11-14)16(6-2,7-3)8-4;/h9-10,12H,5-8,11H2,1-4H3;1H/b10-9+;. The lowest BCUT2D eigenvalue weighted by atomic mass is 10.2. The van der Waals surface area contributed by atoms with Gasteiger partial charge in [0.2, 0.25) is 5.91 Å². The highest BCUT2D eigenvalue weighted by Crippen LogP contribution is 2.14. The molecule has 1 atom stereocenters. The third-order valence-electron chi connectivity index (χ3n) is 3.60. The largest absolute Gasteiger partial charge is 1.00 e. The normalized spacial score (nSPS) is 13.2. The summed E-state index contributed by atoms with van der Waals surface area (Å²) in [4.78, 5) is 11.7. The van der Waals surface area contributed by atoms with E-state index in [-0.39, 0.29) is 24.5 Å². The lowest BCUT2D eigenvalue weighted by Crippen LogP contribution is -3.00. The molecule has 0 aliphatic heterocycles.